The van der Waals surface area contributed by atoms with Gasteiger partial charge < -0.3 is 9.52 Å². The molecule has 0 bridgehead atoms. The van der Waals surface area contributed by atoms with E-state index >= 15 is 0 Å². The molecule has 1 N–H and O–H groups in total. The number of fused-ring (bicyclic) bond motifs is 1. The van der Waals surface area contributed by atoms with E-state index in [1.807, 2.05) is 24.1 Å². The van der Waals surface area contributed by atoms with Gasteiger partial charge in [0.1, 0.15) is 11.3 Å². The second-order valence-corrected chi connectivity index (χ2v) is 4.22. The largest absolute Gasteiger partial charge is 0.460 e. The van der Waals surface area contributed by atoms with E-state index in [1.165, 1.54) is 5.56 Å². The van der Waals surface area contributed by atoms with E-state index in [4.69, 9.17) is 9.52 Å². The molecule has 0 radical (unpaired) electrons. The van der Waals surface area contributed by atoms with Crippen LogP contribution in [0.15, 0.2) is 28.7 Å². The molecule has 1 aromatic carbocycles. The van der Waals surface area contributed by atoms with E-state index in [9.17, 15) is 0 Å². The summed E-state index contributed by atoms with van der Waals surface area (Å²) in [5.74, 6) is 0.941. The third-order valence-corrected chi connectivity index (χ3v) is 2.63. The number of benzene rings is 1. The standard InChI is InChI=1S/C13H17NO2/c1-10-3-4-13-11(7-10)8-12(16-13)9-14(2)5-6-15/h3-4,7-8,15H,5-6,9H2,1-2H3. The molecule has 0 aliphatic heterocycles. The number of aliphatic hydroxyl groups is 1. The Morgan fingerprint density at radius 1 is 1.31 bits per heavy atom. The number of rotatable bonds is 4. The number of hydrogen-bond donors (Lipinski definition) is 1. The third-order valence-electron chi connectivity index (χ3n) is 2.63. The summed E-state index contributed by atoms with van der Waals surface area (Å²) >= 11 is 0. The van der Waals surface area contributed by atoms with Crippen LogP contribution in [0.25, 0.3) is 11.0 Å². The quantitative estimate of drug-likeness (QED) is 0.856. The zero-order valence-electron chi connectivity index (χ0n) is 9.73. The fourth-order valence-electron chi connectivity index (χ4n) is 1.81. The predicted octanol–water partition coefficient (Wildman–Crippen LogP) is 2.17. The lowest BCUT2D eigenvalue weighted by molar-refractivity contribution is 0.209. The molecular weight excluding hydrogens is 202 g/mol. The average molecular weight is 219 g/mol. The maximum absolute atomic E-state index is 8.82. The lowest BCUT2D eigenvalue weighted by Crippen LogP contribution is -2.21. The minimum Gasteiger partial charge on any atom is -0.460 e. The van der Waals surface area contributed by atoms with Crippen LogP contribution in [0.3, 0.4) is 0 Å². The molecule has 2 aromatic rings. The van der Waals surface area contributed by atoms with Gasteiger partial charge in [-0.2, -0.15) is 0 Å². The SMILES string of the molecule is Cc1ccc2oc(CN(C)CCO)cc2c1. The molecule has 3 heteroatoms. The number of nitrogens with zero attached hydrogens (tertiary/aromatic N) is 1. The summed E-state index contributed by atoms with van der Waals surface area (Å²) in [6.07, 6.45) is 0. The monoisotopic (exact) mass is 219 g/mol. The van der Waals surface area contributed by atoms with E-state index < -0.39 is 0 Å². The second-order valence-electron chi connectivity index (χ2n) is 4.22. The van der Waals surface area contributed by atoms with Gasteiger partial charge in [-0.3, -0.25) is 4.90 Å². The Kier molecular flexibility index (Phi) is 3.27. The molecule has 0 unspecified atom stereocenters. The Bertz CT molecular complexity index is 476. The minimum absolute atomic E-state index is 0.176. The van der Waals surface area contributed by atoms with Crippen LogP contribution in [0, 0.1) is 6.92 Å². The fraction of sp³-hybridized carbons (Fsp3) is 0.385. The normalized spacial score (nSPS) is 11.5. The Morgan fingerprint density at radius 3 is 2.88 bits per heavy atom. The summed E-state index contributed by atoms with van der Waals surface area (Å²) < 4.78 is 5.72. The molecule has 0 aliphatic carbocycles. The number of furan rings is 1. The molecule has 0 saturated carbocycles. The molecule has 0 fully saturated rings. The van der Waals surface area contributed by atoms with Crippen LogP contribution in [-0.2, 0) is 6.54 Å². The zero-order valence-corrected chi connectivity index (χ0v) is 9.73. The van der Waals surface area contributed by atoms with Gasteiger partial charge in [0.2, 0.25) is 0 Å². The molecule has 86 valence electrons. The van der Waals surface area contributed by atoms with Crippen LogP contribution in [0.1, 0.15) is 11.3 Å². The summed E-state index contributed by atoms with van der Waals surface area (Å²) in [5, 5.41) is 9.96. The molecule has 3 nitrogen and oxygen atoms in total. The lowest BCUT2D eigenvalue weighted by Gasteiger charge is -2.12. The van der Waals surface area contributed by atoms with Crippen molar-refractivity contribution in [1.82, 2.24) is 4.90 Å². The number of likely N-dealkylation sites (N-methyl/N-ethyl adjacent to an activating group) is 1. The van der Waals surface area contributed by atoms with E-state index in [-0.39, 0.29) is 6.61 Å². The van der Waals surface area contributed by atoms with E-state index in [1.54, 1.807) is 0 Å². The fourth-order valence-corrected chi connectivity index (χ4v) is 1.81. The Labute approximate surface area is 95.3 Å². The first-order valence-corrected chi connectivity index (χ1v) is 5.47. The van der Waals surface area contributed by atoms with Crippen LogP contribution < -0.4 is 0 Å². The first-order valence-electron chi connectivity index (χ1n) is 5.47. The van der Waals surface area contributed by atoms with Crippen molar-refractivity contribution in [2.24, 2.45) is 0 Å². The molecule has 16 heavy (non-hydrogen) atoms. The van der Waals surface area contributed by atoms with Crippen molar-refractivity contribution in [2.75, 3.05) is 20.2 Å². The molecule has 1 aromatic heterocycles. The Balaban J connectivity index is 2.19. The maximum Gasteiger partial charge on any atom is 0.134 e. The van der Waals surface area contributed by atoms with Crippen LogP contribution in [0.5, 0.6) is 0 Å². The van der Waals surface area contributed by atoms with Crippen molar-refractivity contribution in [3.63, 3.8) is 0 Å². The summed E-state index contributed by atoms with van der Waals surface area (Å²) in [6, 6.07) is 8.23. The first kappa shape index (κ1) is 11.2. The van der Waals surface area contributed by atoms with Gasteiger partial charge >= 0.3 is 0 Å². The molecule has 0 saturated heterocycles. The average Bonchev–Trinajstić information content (AvgIpc) is 2.59. The minimum atomic E-state index is 0.176. The number of aliphatic hydroxyl groups excluding tert-OH is 1. The van der Waals surface area contributed by atoms with E-state index in [0.29, 0.717) is 6.54 Å². The smallest absolute Gasteiger partial charge is 0.134 e. The highest BCUT2D eigenvalue weighted by atomic mass is 16.3. The molecule has 0 aliphatic rings. The topological polar surface area (TPSA) is 36.6 Å². The highest BCUT2D eigenvalue weighted by Gasteiger charge is 2.06. The van der Waals surface area contributed by atoms with Crippen molar-refractivity contribution in [3.05, 3.63) is 35.6 Å². The zero-order chi connectivity index (χ0) is 11.5. The van der Waals surface area contributed by atoms with Gasteiger partial charge in [-0.15, -0.1) is 0 Å². The van der Waals surface area contributed by atoms with Crippen LogP contribution in [0.4, 0.5) is 0 Å². The van der Waals surface area contributed by atoms with Crippen molar-refractivity contribution < 1.29 is 9.52 Å². The van der Waals surface area contributed by atoms with Gasteiger partial charge in [-0.25, -0.2) is 0 Å². The summed E-state index contributed by atoms with van der Waals surface area (Å²) in [5.41, 5.74) is 2.17. The van der Waals surface area contributed by atoms with Gasteiger partial charge in [-0.05, 0) is 32.2 Å². The van der Waals surface area contributed by atoms with Crippen LogP contribution in [0.2, 0.25) is 0 Å². The van der Waals surface area contributed by atoms with Crippen LogP contribution >= 0.6 is 0 Å². The third kappa shape index (κ3) is 2.43. The second kappa shape index (κ2) is 4.68. The Morgan fingerprint density at radius 2 is 2.12 bits per heavy atom. The summed E-state index contributed by atoms with van der Waals surface area (Å²) in [4.78, 5) is 2.03. The molecule has 2 rings (SSSR count). The highest BCUT2D eigenvalue weighted by molar-refractivity contribution is 5.78. The van der Waals surface area contributed by atoms with Crippen LogP contribution in [-0.4, -0.2) is 30.2 Å². The number of aryl methyl sites for hydroxylation is 1. The molecule has 1 heterocycles. The van der Waals surface area contributed by atoms with Crippen molar-refractivity contribution in [2.45, 2.75) is 13.5 Å². The van der Waals surface area contributed by atoms with Gasteiger partial charge in [0, 0.05) is 11.9 Å². The van der Waals surface area contributed by atoms with Gasteiger partial charge in [0.15, 0.2) is 0 Å². The Hall–Kier alpha value is -1.32. The van der Waals surface area contributed by atoms with Gasteiger partial charge in [-0.1, -0.05) is 11.6 Å². The summed E-state index contributed by atoms with van der Waals surface area (Å²) in [7, 11) is 1.97. The molecular formula is C13H17NO2. The maximum atomic E-state index is 8.82. The molecule has 0 spiro atoms. The molecule has 0 atom stereocenters. The number of hydrogen-bond acceptors (Lipinski definition) is 3. The van der Waals surface area contributed by atoms with Crippen molar-refractivity contribution in [1.29, 1.82) is 0 Å². The van der Waals surface area contributed by atoms with Crippen molar-refractivity contribution >= 4 is 11.0 Å². The van der Waals surface area contributed by atoms with E-state index in [2.05, 4.69) is 19.1 Å². The van der Waals surface area contributed by atoms with E-state index in [0.717, 1.165) is 23.3 Å². The van der Waals surface area contributed by atoms with Gasteiger partial charge in [0.25, 0.3) is 0 Å². The summed E-state index contributed by atoms with van der Waals surface area (Å²) in [6.45, 7) is 3.64. The lowest BCUT2D eigenvalue weighted by atomic mass is 10.2. The highest BCUT2D eigenvalue weighted by Crippen LogP contribution is 2.21. The molecule has 0 amide bonds. The van der Waals surface area contributed by atoms with Crippen molar-refractivity contribution in [3.8, 4) is 0 Å². The predicted molar refractivity (Wildman–Crippen MR) is 64.4 cm³/mol. The first-order chi connectivity index (χ1) is 7.69. The van der Waals surface area contributed by atoms with Gasteiger partial charge in [0.05, 0.1) is 13.2 Å².